The molecule has 0 aliphatic heterocycles. The molecule has 6 aromatic rings. The Kier molecular flexibility index (Phi) is 6.18. The molecule has 0 N–H and O–H groups in total. The van der Waals surface area contributed by atoms with Gasteiger partial charge in [-0.15, -0.1) is 22.7 Å². The third-order valence-electron chi connectivity index (χ3n) is 7.40. The van der Waals surface area contributed by atoms with E-state index < -0.39 is 0 Å². The van der Waals surface area contributed by atoms with E-state index in [4.69, 9.17) is 0 Å². The van der Waals surface area contributed by atoms with Crippen molar-refractivity contribution in [1.29, 1.82) is 0 Å². The van der Waals surface area contributed by atoms with Gasteiger partial charge in [0.15, 0.2) is 10.9 Å². The summed E-state index contributed by atoms with van der Waals surface area (Å²) >= 11 is 3.41. The van der Waals surface area contributed by atoms with E-state index in [0.717, 1.165) is 70.7 Å². The molecule has 0 bridgehead atoms. The predicted molar refractivity (Wildman–Crippen MR) is 162 cm³/mol. The molecule has 0 aliphatic carbocycles. The van der Waals surface area contributed by atoms with E-state index in [1.807, 2.05) is 36.4 Å². The zero-order chi connectivity index (χ0) is 25.7. The van der Waals surface area contributed by atoms with Gasteiger partial charge in [0.2, 0.25) is 0 Å². The third-order valence-corrected chi connectivity index (χ3v) is 9.77. The molecule has 4 heteroatoms. The Hall–Kier alpha value is -3.34. The first-order chi connectivity index (χ1) is 18.0. The zero-order valence-electron chi connectivity index (χ0n) is 21.3. The molecule has 0 saturated heterocycles. The molecule has 0 radical (unpaired) electrons. The highest BCUT2D eigenvalue weighted by Gasteiger charge is 2.14. The molecule has 0 atom stereocenters. The zero-order valence-corrected chi connectivity index (χ0v) is 22.9. The highest BCUT2D eigenvalue weighted by atomic mass is 32.1. The smallest absolute Gasteiger partial charge is 0.196 e. The minimum atomic E-state index is 0.123. The highest BCUT2D eigenvalue weighted by molar-refractivity contribution is 7.25. The minimum Gasteiger partial charge on any atom is -0.289 e. The summed E-state index contributed by atoms with van der Waals surface area (Å²) < 4.78 is 4.24. The number of rotatable bonds is 5. The van der Waals surface area contributed by atoms with Crippen LogP contribution in [-0.4, -0.2) is 0 Å². The average Bonchev–Trinajstić information content (AvgIpc) is 2.91. The van der Waals surface area contributed by atoms with Crippen molar-refractivity contribution >= 4 is 63.0 Å². The summed E-state index contributed by atoms with van der Waals surface area (Å²) in [5.41, 5.74) is 5.03. The van der Waals surface area contributed by atoms with E-state index in [9.17, 15) is 9.59 Å². The molecule has 4 aromatic carbocycles. The molecule has 184 valence electrons. The molecular formula is C33H28O2S2. The minimum absolute atomic E-state index is 0.123. The van der Waals surface area contributed by atoms with Crippen LogP contribution in [0.2, 0.25) is 0 Å². The maximum atomic E-state index is 13.5. The summed E-state index contributed by atoms with van der Waals surface area (Å²) in [5.74, 6) is 0.374. The summed E-state index contributed by atoms with van der Waals surface area (Å²) in [5, 5.41) is 3.30. The Labute approximate surface area is 223 Å². The second kappa shape index (κ2) is 9.51. The molecule has 0 amide bonds. The van der Waals surface area contributed by atoms with Gasteiger partial charge in [0.25, 0.3) is 0 Å². The van der Waals surface area contributed by atoms with Crippen LogP contribution < -0.4 is 10.9 Å². The Morgan fingerprint density at radius 1 is 0.703 bits per heavy atom. The molecular weight excluding hydrogens is 492 g/mol. The molecule has 0 unspecified atom stereocenters. The molecule has 2 nitrogen and oxygen atoms in total. The maximum Gasteiger partial charge on any atom is 0.196 e. The monoisotopic (exact) mass is 520 g/mol. The van der Waals surface area contributed by atoms with Crippen molar-refractivity contribution in [2.24, 2.45) is 0 Å². The second-order valence-corrected chi connectivity index (χ2v) is 12.1. The summed E-state index contributed by atoms with van der Waals surface area (Å²) in [6.07, 6.45) is 2.49. The lowest BCUT2D eigenvalue weighted by Gasteiger charge is -2.13. The predicted octanol–water partition coefficient (Wildman–Crippen LogP) is 8.61. The summed E-state index contributed by atoms with van der Waals surface area (Å²) in [6.45, 7) is 6.49. The van der Waals surface area contributed by atoms with E-state index in [1.165, 1.54) is 11.1 Å². The van der Waals surface area contributed by atoms with Crippen LogP contribution in [0.3, 0.4) is 0 Å². The number of hydrogen-bond donors (Lipinski definition) is 0. The van der Waals surface area contributed by atoms with Crippen LogP contribution in [0.1, 0.15) is 48.9 Å². The van der Waals surface area contributed by atoms with Gasteiger partial charge in [-0.25, -0.2) is 0 Å². The summed E-state index contributed by atoms with van der Waals surface area (Å²) in [4.78, 5) is 26.9. The van der Waals surface area contributed by atoms with E-state index in [0.29, 0.717) is 5.92 Å². The molecule has 6 rings (SSSR count). The van der Waals surface area contributed by atoms with E-state index >= 15 is 0 Å². The first-order valence-corrected chi connectivity index (χ1v) is 14.5. The van der Waals surface area contributed by atoms with Crippen LogP contribution in [0, 0.1) is 0 Å². The molecule has 37 heavy (non-hydrogen) atoms. The van der Waals surface area contributed by atoms with Crippen LogP contribution in [-0.2, 0) is 19.3 Å². The van der Waals surface area contributed by atoms with Crippen molar-refractivity contribution in [1.82, 2.24) is 0 Å². The number of hydrogen-bond acceptors (Lipinski definition) is 4. The van der Waals surface area contributed by atoms with Gasteiger partial charge in [-0.1, -0.05) is 57.2 Å². The van der Waals surface area contributed by atoms with E-state index in [-0.39, 0.29) is 10.9 Å². The fourth-order valence-electron chi connectivity index (χ4n) is 5.47. The molecule has 2 heterocycles. The Morgan fingerprint density at radius 3 is 2.27 bits per heavy atom. The first-order valence-electron chi connectivity index (χ1n) is 12.9. The Morgan fingerprint density at radius 2 is 1.46 bits per heavy atom. The quantitative estimate of drug-likeness (QED) is 0.213. The van der Waals surface area contributed by atoms with Crippen molar-refractivity contribution in [2.45, 2.75) is 46.0 Å². The Bertz CT molecular complexity index is 1940. The van der Waals surface area contributed by atoms with Gasteiger partial charge in [0.05, 0.1) is 0 Å². The van der Waals surface area contributed by atoms with Gasteiger partial charge in [0.1, 0.15) is 0 Å². The average molecular weight is 521 g/mol. The summed E-state index contributed by atoms with van der Waals surface area (Å²) in [6, 6.07) is 24.6. The van der Waals surface area contributed by atoms with Crippen molar-refractivity contribution in [2.75, 3.05) is 0 Å². The van der Waals surface area contributed by atoms with Gasteiger partial charge in [0, 0.05) is 40.3 Å². The fraction of sp³-hybridized carbons (Fsp3) is 0.212. The Balaban J connectivity index is 1.40. The van der Waals surface area contributed by atoms with Crippen molar-refractivity contribution in [3.05, 3.63) is 115 Å². The molecule has 0 fully saturated rings. The molecule has 0 saturated carbocycles. The van der Waals surface area contributed by atoms with Crippen molar-refractivity contribution < 1.29 is 0 Å². The van der Waals surface area contributed by atoms with Crippen LogP contribution in [0.4, 0.5) is 0 Å². The third kappa shape index (κ3) is 4.09. The normalized spacial score (nSPS) is 11.9. The van der Waals surface area contributed by atoms with Crippen molar-refractivity contribution in [3.63, 3.8) is 0 Å². The fourth-order valence-corrected chi connectivity index (χ4v) is 7.89. The van der Waals surface area contributed by atoms with Gasteiger partial charge in [-0.3, -0.25) is 9.59 Å². The van der Waals surface area contributed by atoms with Gasteiger partial charge < -0.3 is 0 Å². The number of benzene rings is 4. The SMILES string of the molecule is CCc1c(CCc2ccc3sc4c(C(C)C)cccc4c(=O)c3c2)ccc2sc3ccccc3c(=O)c12. The van der Waals surface area contributed by atoms with E-state index in [1.54, 1.807) is 22.7 Å². The molecule has 0 spiro atoms. The lowest BCUT2D eigenvalue weighted by Crippen LogP contribution is -2.07. The van der Waals surface area contributed by atoms with Crippen LogP contribution in [0.15, 0.2) is 82.4 Å². The lowest BCUT2D eigenvalue weighted by molar-refractivity contribution is 0.878. The first kappa shape index (κ1) is 24.0. The highest BCUT2D eigenvalue weighted by Crippen LogP contribution is 2.32. The van der Waals surface area contributed by atoms with Crippen LogP contribution in [0.25, 0.3) is 40.3 Å². The van der Waals surface area contributed by atoms with Gasteiger partial charge in [-0.2, -0.15) is 0 Å². The number of aryl methyl sites for hydroxylation is 3. The van der Waals surface area contributed by atoms with Crippen molar-refractivity contribution in [3.8, 4) is 0 Å². The maximum absolute atomic E-state index is 13.5. The second-order valence-electron chi connectivity index (χ2n) is 10.00. The van der Waals surface area contributed by atoms with Crippen LogP contribution in [0.5, 0.6) is 0 Å². The molecule has 0 aliphatic rings. The summed E-state index contributed by atoms with van der Waals surface area (Å²) in [7, 11) is 0. The topological polar surface area (TPSA) is 34.1 Å². The molecule has 2 aromatic heterocycles. The lowest BCUT2D eigenvalue weighted by atomic mass is 9.94. The van der Waals surface area contributed by atoms with Gasteiger partial charge >= 0.3 is 0 Å². The van der Waals surface area contributed by atoms with Crippen LogP contribution >= 0.6 is 22.7 Å². The van der Waals surface area contributed by atoms with E-state index in [2.05, 4.69) is 57.2 Å². The largest absolute Gasteiger partial charge is 0.289 e. The number of fused-ring (bicyclic) bond motifs is 4. The van der Waals surface area contributed by atoms with Gasteiger partial charge in [-0.05, 0) is 83.8 Å². The standard InChI is InChI=1S/C33H28O2S2/c1-4-22-21(15-17-29-30(22)32(35)24-8-5-6-11-27(24)36-29)14-12-20-13-16-28-26(18-20)31(34)25-10-7-9-23(19(2)3)33(25)37-28/h5-11,13,15-19H,4,12,14H2,1-3H3.